The third-order valence-corrected chi connectivity index (χ3v) is 16.8. The summed E-state index contributed by atoms with van der Waals surface area (Å²) in [6, 6.07) is 65.3. The van der Waals surface area contributed by atoms with Crippen LogP contribution in [0.4, 0.5) is 11.4 Å². The van der Waals surface area contributed by atoms with Crippen LogP contribution in [-0.4, -0.2) is 73.9 Å². The first-order valence-electron chi connectivity index (χ1n) is 29.0. The van der Waals surface area contributed by atoms with Crippen LogP contribution >= 0.6 is 0 Å². The SMILES string of the molecule is C[C@@H](NC(=O)c1cc(-c2cccc3c([C@@H](C)NC(=O)c4cc(-c5cccc6c([C@@H](C)NC(=O)c7cc(-c8ccccc8)ccn7)cccc56)cc(N5CCN(C)CC5)c4)cccc23)cc(N2CCCCC2)c1)c1cccc2ccccc12. The molecule has 10 nitrogen and oxygen atoms in total. The lowest BCUT2D eigenvalue weighted by molar-refractivity contribution is 0.0928. The van der Waals surface area contributed by atoms with Crippen molar-refractivity contribution >= 4 is 61.4 Å². The molecular weight excluding hydrogens is 1010 g/mol. The van der Waals surface area contributed by atoms with Gasteiger partial charge in [-0.1, -0.05) is 146 Å². The van der Waals surface area contributed by atoms with Crippen LogP contribution in [0.5, 0.6) is 0 Å². The van der Waals surface area contributed by atoms with E-state index >= 15 is 0 Å². The van der Waals surface area contributed by atoms with Crippen molar-refractivity contribution < 1.29 is 14.4 Å². The maximum absolute atomic E-state index is 14.9. The number of aromatic nitrogens is 1. The fourth-order valence-electron chi connectivity index (χ4n) is 12.4. The van der Waals surface area contributed by atoms with Crippen molar-refractivity contribution in [3.63, 3.8) is 0 Å². The van der Waals surface area contributed by atoms with Crippen molar-refractivity contribution in [3.05, 3.63) is 234 Å². The zero-order valence-electron chi connectivity index (χ0n) is 47.2. The predicted octanol–water partition coefficient (Wildman–Crippen LogP) is 14.8. The van der Waals surface area contributed by atoms with Crippen LogP contribution in [0.25, 0.3) is 65.7 Å². The minimum atomic E-state index is -0.355. The minimum Gasteiger partial charge on any atom is -0.372 e. The number of nitrogens with zero attached hydrogens (tertiary/aromatic N) is 4. The van der Waals surface area contributed by atoms with E-state index in [1.807, 2.05) is 85.8 Å². The highest BCUT2D eigenvalue weighted by atomic mass is 16.2. The first-order chi connectivity index (χ1) is 40.0. The third-order valence-electron chi connectivity index (χ3n) is 16.8. The summed E-state index contributed by atoms with van der Waals surface area (Å²) in [5.74, 6) is -0.524. The summed E-state index contributed by atoms with van der Waals surface area (Å²) < 4.78 is 0. The van der Waals surface area contributed by atoms with Crippen molar-refractivity contribution in [1.82, 2.24) is 25.8 Å². The molecule has 2 saturated heterocycles. The van der Waals surface area contributed by atoms with Crippen molar-refractivity contribution in [1.29, 1.82) is 0 Å². The highest BCUT2D eigenvalue weighted by Gasteiger charge is 2.24. The molecule has 410 valence electrons. The number of hydrogen-bond acceptors (Lipinski definition) is 7. The molecule has 82 heavy (non-hydrogen) atoms. The number of carbonyl (C=O) groups is 3. The topological polar surface area (TPSA) is 110 Å². The number of likely N-dealkylation sites (N-methyl/N-ethyl adjacent to an activating group) is 1. The van der Waals surface area contributed by atoms with Gasteiger partial charge in [-0.2, -0.15) is 0 Å². The molecule has 3 atom stereocenters. The Bertz CT molecular complexity index is 4010. The summed E-state index contributed by atoms with van der Waals surface area (Å²) >= 11 is 0. The van der Waals surface area contributed by atoms with Gasteiger partial charge in [-0.3, -0.25) is 19.4 Å². The van der Waals surface area contributed by atoms with Crippen LogP contribution in [0.3, 0.4) is 0 Å². The Hall–Kier alpha value is -9.12. The molecule has 0 saturated carbocycles. The van der Waals surface area contributed by atoms with Crippen molar-refractivity contribution in [2.24, 2.45) is 0 Å². The first-order valence-corrected chi connectivity index (χ1v) is 29.0. The van der Waals surface area contributed by atoms with Gasteiger partial charge in [-0.05, 0) is 178 Å². The summed E-state index contributed by atoms with van der Waals surface area (Å²) in [4.78, 5) is 54.8. The van der Waals surface area contributed by atoms with Gasteiger partial charge in [0.1, 0.15) is 5.69 Å². The van der Waals surface area contributed by atoms with E-state index in [9.17, 15) is 14.4 Å². The predicted molar refractivity (Wildman–Crippen MR) is 336 cm³/mol. The first kappa shape index (κ1) is 53.5. The fraction of sp³-hybridized carbons (Fsp3) is 0.222. The second-order valence-electron chi connectivity index (χ2n) is 22.3. The molecule has 0 spiro atoms. The van der Waals surface area contributed by atoms with Crippen LogP contribution in [0.1, 0.15) is 106 Å². The zero-order valence-corrected chi connectivity index (χ0v) is 47.2. The maximum atomic E-state index is 14.9. The average molecular weight is 1080 g/mol. The molecule has 10 aromatic rings. The van der Waals surface area contributed by atoms with Crippen LogP contribution in [0, 0.1) is 0 Å². The van der Waals surface area contributed by atoms with Crippen molar-refractivity contribution in [3.8, 4) is 33.4 Å². The molecule has 10 heteroatoms. The van der Waals surface area contributed by atoms with E-state index in [0.29, 0.717) is 16.8 Å². The van der Waals surface area contributed by atoms with Gasteiger partial charge in [0.15, 0.2) is 0 Å². The Labute approximate surface area is 480 Å². The summed E-state index contributed by atoms with van der Waals surface area (Å²) in [6.07, 6.45) is 5.11. The van der Waals surface area contributed by atoms with Gasteiger partial charge in [0.25, 0.3) is 17.7 Å². The van der Waals surface area contributed by atoms with E-state index < -0.39 is 0 Å². The summed E-state index contributed by atoms with van der Waals surface area (Å²) in [7, 11) is 2.15. The third kappa shape index (κ3) is 11.2. The van der Waals surface area contributed by atoms with Gasteiger partial charge in [0.2, 0.25) is 0 Å². The standard InChI is InChI=1S/C72H69N7O3/c1-47(59-23-13-21-51-20-9-10-22-62(51)59)74-70(80)55-40-53(42-57(44-55)78-34-11-6-12-35-78)63-26-16-28-65-60(24-14-30-67(63)65)48(2)75-71(81)56-41-54(43-58(45-56)79-38-36-77(4)37-39-79)64-27-17-29-66-61(25-15-31-68(64)66)49(3)76-72(82)69-46-52(32-33-73-69)50-18-7-5-8-19-50/h5,7-10,13-33,40-49H,6,11-12,34-39H2,1-4H3,(H,74,80)(H,75,81)(H,76,82)/t47-,48-,49-/m1/s1. The molecule has 0 unspecified atom stereocenters. The molecule has 2 aliphatic heterocycles. The van der Waals surface area contributed by atoms with Gasteiger partial charge < -0.3 is 30.7 Å². The van der Waals surface area contributed by atoms with E-state index in [1.165, 1.54) is 6.42 Å². The average Bonchev–Trinajstić information content (AvgIpc) is 3.62. The Morgan fingerprint density at radius 1 is 0.402 bits per heavy atom. The van der Waals surface area contributed by atoms with E-state index in [1.54, 1.807) is 6.20 Å². The van der Waals surface area contributed by atoms with E-state index in [0.717, 1.165) is 146 Å². The quantitative estimate of drug-likeness (QED) is 0.0995. The van der Waals surface area contributed by atoms with E-state index in [4.69, 9.17) is 0 Å². The summed E-state index contributed by atoms with van der Waals surface area (Å²) in [5, 5.41) is 16.4. The Balaban J connectivity index is 0.839. The number of nitrogens with one attached hydrogen (secondary N) is 3. The Morgan fingerprint density at radius 3 is 1.45 bits per heavy atom. The monoisotopic (exact) mass is 1080 g/mol. The number of carbonyl (C=O) groups excluding carboxylic acids is 3. The van der Waals surface area contributed by atoms with Gasteiger partial charge in [-0.25, -0.2) is 0 Å². The number of amides is 3. The second-order valence-corrected chi connectivity index (χ2v) is 22.3. The number of pyridine rings is 1. The van der Waals surface area contributed by atoms with E-state index in [-0.39, 0.29) is 35.8 Å². The number of hydrogen-bond donors (Lipinski definition) is 3. The zero-order chi connectivity index (χ0) is 56.3. The van der Waals surface area contributed by atoms with Gasteiger partial charge in [0.05, 0.1) is 18.1 Å². The largest absolute Gasteiger partial charge is 0.372 e. The lowest BCUT2D eigenvalue weighted by atomic mass is 9.91. The van der Waals surface area contributed by atoms with Crippen LogP contribution < -0.4 is 25.8 Å². The molecule has 3 heterocycles. The second kappa shape index (κ2) is 23.5. The summed E-state index contributed by atoms with van der Waals surface area (Å²) in [5.41, 5.74) is 12.6. The van der Waals surface area contributed by atoms with Gasteiger partial charge in [0, 0.05) is 68.0 Å². The molecule has 0 bridgehead atoms. The van der Waals surface area contributed by atoms with Crippen molar-refractivity contribution in [2.75, 3.05) is 56.1 Å². The normalized spacial score (nSPS) is 15.0. The molecule has 3 amide bonds. The fourth-order valence-corrected chi connectivity index (χ4v) is 12.4. The molecule has 12 rings (SSSR count). The molecule has 2 aliphatic rings. The molecule has 3 N–H and O–H groups in total. The molecule has 0 aliphatic carbocycles. The number of fused-ring (bicyclic) bond motifs is 3. The van der Waals surface area contributed by atoms with Gasteiger partial charge in [-0.15, -0.1) is 0 Å². The minimum absolute atomic E-state index is 0.113. The number of rotatable bonds is 14. The smallest absolute Gasteiger partial charge is 0.270 e. The molecular formula is C72H69N7O3. The number of piperazine rings is 1. The number of anilines is 2. The van der Waals surface area contributed by atoms with Crippen LogP contribution in [0.15, 0.2) is 200 Å². The molecule has 1 aromatic heterocycles. The lowest BCUT2D eigenvalue weighted by Crippen LogP contribution is -2.44. The van der Waals surface area contributed by atoms with Crippen molar-refractivity contribution in [2.45, 2.75) is 58.2 Å². The lowest BCUT2D eigenvalue weighted by Gasteiger charge is -2.34. The molecule has 0 radical (unpaired) electrons. The molecule has 2 fully saturated rings. The Morgan fingerprint density at radius 2 is 0.866 bits per heavy atom. The van der Waals surface area contributed by atoms with Crippen LogP contribution in [-0.2, 0) is 0 Å². The highest BCUT2D eigenvalue weighted by molar-refractivity contribution is 6.05. The van der Waals surface area contributed by atoms with E-state index in [2.05, 4.69) is 172 Å². The number of benzene rings is 9. The Kier molecular flexibility index (Phi) is 15.4. The number of piperidine rings is 1. The summed E-state index contributed by atoms with van der Waals surface area (Å²) in [6.45, 7) is 11.5. The maximum Gasteiger partial charge on any atom is 0.270 e. The molecule has 9 aromatic carbocycles. The van der Waals surface area contributed by atoms with Crippen LogP contribution in [0.2, 0.25) is 0 Å². The van der Waals surface area contributed by atoms with Gasteiger partial charge >= 0.3 is 0 Å². The highest BCUT2D eigenvalue weighted by Crippen LogP contribution is 2.39.